The first kappa shape index (κ1) is 14.9. The number of piperazine rings is 1. The zero-order valence-corrected chi connectivity index (χ0v) is 12.3. The molecule has 7 heteroatoms. The van der Waals surface area contributed by atoms with E-state index in [-0.39, 0.29) is 19.0 Å². The molecular formula is C15H20F2N4O. The van der Waals surface area contributed by atoms with E-state index >= 15 is 0 Å². The van der Waals surface area contributed by atoms with Crippen LogP contribution in [0, 0.1) is 0 Å². The number of hydrogen-bond donors (Lipinski definition) is 1. The first-order valence-corrected chi connectivity index (χ1v) is 7.47. The average Bonchev–Trinajstić information content (AvgIpc) is 2.88. The fourth-order valence-electron chi connectivity index (χ4n) is 2.94. The second kappa shape index (κ2) is 5.62. The van der Waals surface area contributed by atoms with Gasteiger partial charge in [-0.05, 0) is 24.3 Å². The van der Waals surface area contributed by atoms with Gasteiger partial charge in [0.15, 0.2) is 0 Å². The summed E-state index contributed by atoms with van der Waals surface area (Å²) in [7, 11) is 0. The van der Waals surface area contributed by atoms with Crippen LogP contribution in [-0.4, -0.2) is 61.0 Å². The largest absolute Gasteiger partial charge is 0.399 e. The molecule has 0 bridgehead atoms. The highest BCUT2D eigenvalue weighted by atomic mass is 19.3. The van der Waals surface area contributed by atoms with Gasteiger partial charge in [-0.25, -0.2) is 13.6 Å². The molecule has 120 valence electrons. The Hall–Kier alpha value is -2.05. The molecule has 0 saturated carbocycles. The monoisotopic (exact) mass is 310 g/mol. The summed E-state index contributed by atoms with van der Waals surface area (Å²) in [5, 5.41) is 0. The minimum absolute atomic E-state index is 0.143. The predicted octanol–water partition coefficient (Wildman–Crippen LogP) is 1.85. The number of nitrogens with zero attached hydrogens (tertiary/aromatic N) is 3. The normalized spacial score (nSPS) is 21.3. The molecule has 2 aliphatic rings. The van der Waals surface area contributed by atoms with Crippen molar-refractivity contribution in [2.24, 2.45) is 0 Å². The van der Waals surface area contributed by atoms with E-state index in [2.05, 4.69) is 4.90 Å². The quantitative estimate of drug-likeness (QED) is 0.806. The number of rotatable bonds is 1. The number of hydrogen-bond acceptors (Lipinski definition) is 3. The van der Waals surface area contributed by atoms with Gasteiger partial charge in [-0.3, -0.25) is 0 Å². The highest BCUT2D eigenvalue weighted by Gasteiger charge is 2.41. The molecule has 0 radical (unpaired) electrons. The molecular weight excluding hydrogens is 290 g/mol. The fraction of sp³-hybridized carbons (Fsp3) is 0.533. The fourth-order valence-corrected chi connectivity index (χ4v) is 2.94. The molecule has 3 rings (SSSR count). The van der Waals surface area contributed by atoms with E-state index in [0.717, 1.165) is 5.69 Å². The summed E-state index contributed by atoms with van der Waals surface area (Å²) < 4.78 is 26.4. The van der Waals surface area contributed by atoms with Crippen molar-refractivity contribution in [3.05, 3.63) is 24.3 Å². The van der Waals surface area contributed by atoms with Crippen LogP contribution in [0.3, 0.4) is 0 Å². The van der Waals surface area contributed by atoms with Crippen LogP contribution in [-0.2, 0) is 0 Å². The molecule has 2 heterocycles. The first-order valence-electron chi connectivity index (χ1n) is 7.47. The lowest BCUT2D eigenvalue weighted by Crippen LogP contribution is -2.52. The van der Waals surface area contributed by atoms with E-state index in [4.69, 9.17) is 5.73 Å². The maximum atomic E-state index is 13.2. The van der Waals surface area contributed by atoms with Crippen LogP contribution >= 0.6 is 0 Å². The van der Waals surface area contributed by atoms with Gasteiger partial charge in [-0.2, -0.15) is 0 Å². The van der Waals surface area contributed by atoms with Gasteiger partial charge in [0.05, 0.1) is 6.54 Å². The summed E-state index contributed by atoms with van der Waals surface area (Å²) in [5.74, 6) is -2.73. The van der Waals surface area contributed by atoms with Gasteiger partial charge in [0.1, 0.15) is 0 Å². The molecule has 1 aromatic carbocycles. The highest BCUT2D eigenvalue weighted by molar-refractivity contribution is 5.75. The Labute approximate surface area is 128 Å². The molecule has 5 nitrogen and oxygen atoms in total. The molecule has 2 saturated heterocycles. The number of benzene rings is 1. The van der Waals surface area contributed by atoms with Crippen molar-refractivity contribution in [1.29, 1.82) is 0 Å². The van der Waals surface area contributed by atoms with Crippen LogP contribution in [0.1, 0.15) is 6.42 Å². The molecule has 0 aromatic heterocycles. The number of nitrogen functional groups attached to an aromatic ring is 1. The molecule has 0 spiro atoms. The Morgan fingerprint density at radius 1 is 1.00 bits per heavy atom. The maximum Gasteiger partial charge on any atom is 0.320 e. The maximum absolute atomic E-state index is 13.2. The summed E-state index contributed by atoms with van der Waals surface area (Å²) in [6.45, 7) is 2.17. The summed E-state index contributed by atoms with van der Waals surface area (Å²) in [5.41, 5.74) is 7.45. The van der Waals surface area contributed by atoms with E-state index in [1.807, 2.05) is 24.3 Å². The van der Waals surface area contributed by atoms with Gasteiger partial charge in [-0.1, -0.05) is 0 Å². The second-order valence-corrected chi connectivity index (χ2v) is 5.88. The van der Waals surface area contributed by atoms with Crippen LogP contribution in [0.4, 0.5) is 25.0 Å². The van der Waals surface area contributed by atoms with Crippen molar-refractivity contribution in [1.82, 2.24) is 9.80 Å². The first-order chi connectivity index (χ1) is 10.4. The minimum Gasteiger partial charge on any atom is -0.399 e. The SMILES string of the molecule is Nc1ccc(N2CCN(C(=O)N3CCC(F)(F)C3)CC2)cc1. The number of nitrogens with two attached hydrogens (primary N) is 1. The topological polar surface area (TPSA) is 52.8 Å². The zero-order valence-electron chi connectivity index (χ0n) is 12.3. The number of halogens is 2. The minimum atomic E-state index is -2.73. The van der Waals surface area contributed by atoms with Crippen LogP contribution in [0.25, 0.3) is 0 Å². The van der Waals surface area contributed by atoms with Crippen molar-refractivity contribution in [2.45, 2.75) is 12.3 Å². The number of anilines is 2. The Morgan fingerprint density at radius 2 is 1.64 bits per heavy atom. The van der Waals surface area contributed by atoms with Crippen molar-refractivity contribution < 1.29 is 13.6 Å². The number of alkyl halides is 2. The van der Waals surface area contributed by atoms with Gasteiger partial charge >= 0.3 is 6.03 Å². The third-order valence-electron chi connectivity index (χ3n) is 4.25. The molecule has 22 heavy (non-hydrogen) atoms. The van der Waals surface area contributed by atoms with E-state index in [9.17, 15) is 13.6 Å². The molecule has 2 N–H and O–H groups in total. The van der Waals surface area contributed by atoms with Gasteiger partial charge in [0, 0.05) is 50.5 Å². The molecule has 2 aliphatic heterocycles. The van der Waals surface area contributed by atoms with E-state index in [1.165, 1.54) is 4.90 Å². The summed E-state index contributed by atoms with van der Waals surface area (Å²) in [4.78, 5) is 17.4. The molecule has 0 atom stereocenters. The van der Waals surface area contributed by atoms with Gasteiger partial charge in [0.2, 0.25) is 0 Å². The number of likely N-dealkylation sites (tertiary alicyclic amines) is 1. The standard InChI is InChI=1S/C15H20F2N4O/c16-15(17)5-6-21(11-15)14(22)20-9-7-19(8-10-20)13-3-1-12(18)2-4-13/h1-4H,5-11,18H2. The van der Waals surface area contributed by atoms with Crippen LogP contribution < -0.4 is 10.6 Å². The second-order valence-electron chi connectivity index (χ2n) is 5.88. The van der Waals surface area contributed by atoms with Gasteiger partial charge in [-0.15, -0.1) is 0 Å². The lowest BCUT2D eigenvalue weighted by molar-refractivity contribution is 0.0137. The van der Waals surface area contributed by atoms with Gasteiger partial charge < -0.3 is 20.4 Å². The zero-order chi connectivity index (χ0) is 15.7. The van der Waals surface area contributed by atoms with Gasteiger partial charge in [0.25, 0.3) is 5.92 Å². The van der Waals surface area contributed by atoms with E-state index in [0.29, 0.717) is 31.9 Å². The number of urea groups is 1. The Bertz CT molecular complexity index is 541. The summed E-state index contributed by atoms with van der Waals surface area (Å²) in [6.07, 6.45) is -0.232. The molecule has 1 aromatic rings. The molecule has 2 fully saturated rings. The molecule has 0 aliphatic carbocycles. The molecule has 0 unspecified atom stereocenters. The Balaban J connectivity index is 1.55. The number of carbonyl (C=O) groups is 1. The van der Waals surface area contributed by atoms with Crippen LogP contribution in [0.15, 0.2) is 24.3 Å². The summed E-state index contributed by atoms with van der Waals surface area (Å²) >= 11 is 0. The smallest absolute Gasteiger partial charge is 0.320 e. The lowest BCUT2D eigenvalue weighted by Gasteiger charge is -2.37. The highest BCUT2D eigenvalue weighted by Crippen LogP contribution is 2.28. The number of amides is 2. The average molecular weight is 310 g/mol. The van der Waals surface area contributed by atoms with Crippen molar-refractivity contribution >= 4 is 17.4 Å². The van der Waals surface area contributed by atoms with Crippen molar-refractivity contribution in [3.8, 4) is 0 Å². The van der Waals surface area contributed by atoms with E-state index < -0.39 is 12.5 Å². The summed E-state index contributed by atoms with van der Waals surface area (Å²) in [6, 6.07) is 7.33. The van der Waals surface area contributed by atoms with E-state index in [1.54, 1.807) is 4.90 Å². The molecule has 2 amide bonds. The van der Waals surface area contributed by atoms with Crippen molar-refractivity contribution in [3.63, 3.8) is 0 Å². The Morgan fingerprint density at radius 3 is 2.18 bits per heavy atom. The third-order valence-corrected chi connectivity index (χ3v) is 4.25. The predicted molar refractivity (Wildman–Crippen MR) is 81.2 cm³/mol. The number of carbonyl (C=O) groups excluding carboxylic acids is 1. The Kier molecular flexibility index (Phi) is 3.80. The third kappa shape index (κ3) is 3.08. The van der Waals surface area contributed by atoms with Crippen LogP contribution in [0.2, 0.25) is 0 Å². The lowest BCUT2D eigenvalue weighted by atomic mass is 10.2. The van der Waals surface area contributed by atoms with Crippen LogP contribution in [0.5, 0.6) is 0 Å². The van der Waals surface area contributed by atoms with Crippen molar-refractivity contribution in [2.75, 3.05) is 49.9 Å².